The second-order valence-electron chi connectivity index (χ2n) is 7.43. The van der Waals surface area contributed by atoms with Crippen LogP contribution in [0, 0.1) is 19.7 Å². The summed E-state index contributed by atoms with van der Waals surface area (Å²) in [5, 5.41) is 2.65. The highest BCUT2D eigenvalue weighted by Crippen LogP contribution is 2.22. The largest absolute Gasteiger partial charge is 0.322 e. The van der Waals surface area contributed by atoms with Crippen LogP contribution < -0.4 is 10.0 Å². The van der Waals surface area contributed by atoms with E-state index in [1.165, 1.54) is 6.07 Å². The lowest BCUT2D eigenvalue weighted by Gasteiger charge is -2.22. The number of rotatable bonds is 5. The summed E-state index contributed by atoms with van der Waals surface area (Å²) in [6.07, 6.45) is 4.67. The van der Waals surface area contributed by atoms with Crippen molar-refractivity contribution >= 4 is 21.6 Å². The summed E-state index contributed by atoms with van der Waals surface area (Å²) < 4.78 is 42.3. The minimum atomic E-state index is -3.82. The Hall–Kier alpha value is -2.25. The summed E-state index contributed by atoms with van der Waals surface area (Å²) in [6, 6.07) is 8.69. The summed E-state index contributed by atoms with van der Waals surface area (Å²) in [4.78, 5) is 12.5. The number of hydrogen-bond acceptors (Lipinski definition) is 3. The highest BCUT2D eigenvalue weighted by atomic mass is 32.2. The van der Waals surface area contributed by atoms with Gasteiger partial charge in [0.05, 0.1) is 10.5 Å². The molecule has 0 bridgehead atoms. The number of carbonyl (C=O) groups is 1. The van der Waals surface area contributed by atoms with E-state index in [1.807, 2.05) is 19.9 Å². The molecule has 1 aliphatic carbocycles. The van der Waals surface area contributed by atoms with Crippen LogP contribution in [0.5, 0.6) is 0 Å². The van der Waals surface area contributed by atoms with Gasteiger partial charge in [0.25, 0.3) is 5.91 Å². The van der Waals surface area contributed by atoms with E-state index < -0.39 is 21.7 Å². The van der Waals surface area contributed by atoms with Gasteiger partial charge in [0, 0.05) is 11.7 Å². The first-order chi connectivity index (χ1) is 13.2. The standard InChI is InChI=1S/C21H25FN2O3S/c1-14-10-15(2)12-17(11-14)23-21(25)19-13-18(8-9-20(19)22)28(26,27)24-16-6-4-3-5-7-16/h8-13,16,24H,3-7H2,1-2H3,(H,23,25). The Balaban J connectivity index is 1.83. The zero-order chi connectivity index (χ0) is 20.3. The van der Waals surface area contributed by atoms with Gasteiger partial charge in [-0.05, 0) is 68.1 Å². The quantitative estimate of drug-likeness (QED) is 0.780. The first-order valence-electron chi connectivity index (χ1n) is 9.46. The summed E-state index contributed by atoms with van der Waals surface area (Å²) >= 11 is 0. The lowest BCUT2D eigenvalue weighted by molar-refractivity contribution is 0.102. The van der Waals surface area contributed by atoms with Gasteiger partial charge in [-0.1, -0.05) is 25.3 Å². The maximum Gasteiger partial charge on any atom is 0.258 e. The summed E-state index contributed by atoms with van der Waals surface area (Å²) in [7, 11) is -3.82. The van der Waals surface area contributed by atoms with Gasteiger partial charge in [-0.2, -0.15) is 0 Å². The van der Waals surface area contributed by atoms with Crippen molar-refractivity contribution in [3.05, 3.63) is 58.9 Å². The molecule has 0 unspecified atom stereocenters. The second-order valence-corrected chi connectivity index (χ2v) is 9.14. The first-order valence-corrected chi connectivity index (χ1v) is 10.9. The molecule has 2 N–H and O–H groups in total. The van der Waals surface area contributed by atoms with E-state index in [1.54, 1.807) is 12.1 Å². The van der Waals surface area contributed by atoms with Crippen molar-refractivity contribution < 1.29 is 17.6 Å². The Morgan fingerprint density at radius 3 is 2.29 bits per heavy atom. The molecule has 1 saturated carbocycles. The Kier molecular flexibility index (Phi) is 6.15. The fourth-order valence-corrected chi connectivity index (χ4v) is 4.93. The minimum absolute atomic E-state index is 0.106. The average molecular weight is 405 g/mol. The van der Waals surface area contributed by atoms with Gasteiger partial charge in [0.1, 0.15) is 5.82 Å². The fraction of sp³-hybridized carbons (Fsp3) is 0.381. The van der Waals surface area contributed by atoms with Crippen LogP contribution in [0.1, 0.15) is 53.6 Å². The van der Waals surface area contributed by atoms with E-state index in [-0.39, 0.29) is 16.5 Å². The number of aryl methyl sites for hydroxylation is 2. The van der Waals surface area contributed by atoms with Crippen molar-refractivity contribution in [2.24, 2.45) is 0 Å². The smallest absolute Gasteiger partial charge is 0.258 e. The molecule has 0 spiro atoms. The number of benzene rings is 2. The van der Waals surface area contributed by atoms with E-state index in [0.717, 1.165) is 55.4 Å². The molecule has 0 aliphatic heterocycles. The Labute approximate surface area is 165 Å². The van der Waals surface area contributed by atoms with E-state index >= 15 is 0 Å². The normalized spacial score (nSPS) is 15.4. The molecule has 0 heterocycles. The van der Waals surface area contributed by atoms with Crippen LogP contribution in [0.2, 0.25) is 0 Å². The number of hydrogen-bond donors (Lipinski definition) is 2. The molecule has 1 amide bonds. The lowest BCUT2D eigenvalue weighted by Crippen LogP contribution is -2.36. The molecule has 0 saturated heterocycles. The van der Waals surface area contributed by atoms with Gasteiger partial charge in [-0.15, -0.1) is 0 Å². The van der Waals surface area contributed by atoms with Crippen LogP contribution in [0.3, 0.4) is 0 Å². The Morgan fingerprint density at radius 2 is 1.64 bits per heavy atom. The SMILES string of the molecule is Cc1cc(C)cc(NC(=O)c2cc(S(=O)(=O)NC3CCCCC3)ccc2F)c1. The zero-order valence-electron chi connectivity index (χ0n) is 16.1. The van der Waals surface area contributed by atoms with Gasteiger partial charge in [-0.25, -0.2) is 17.5 Å². The Morgan fingerprint density at radius 1 is 1.00 bits per heavy atom. The van der Waals surface area contributed by atoms with Crippen molar-refractivity contribution in [1.29, 1.82) is 0 Å². The van der Waals surface area contributed by atoms with E-state index in [0.29, 0.717) is 5.69 Å². The number of sulfonamides is 1. The third-order valence-corrected chi connectivity index (χ3v) is 6.42. The highest BCUT2D eigenvalue weighted by Gasteiger charge is 2.24. The fourth-order valence-electron chi connectivity index (χ4n) is 3.60. The van der Waals surface area contributed by atoms with Crippen LogP contribution in [0.4, 0.5) is 10.1 Å². The predicted molar refractivity (Wildman–Crippen MR) is 107 cm³/mol. The molecule has 3 rings (SSSR count). The maximum atomic E-state index is 14.3. The summed E-state index contributed by atoms with van der Waals surface area (Å²) in [5.74, 6) is -1.45. The third-order valence-electron chi connectivity index (χ3n) is 4.90. The van der Waals surface area contributed by atoms with Gasteiger partial charge in [0.15, 0.2) is 0 Å². The molecular formula is C21H25FN2O3S. The van der Waals surface area contributed by atoms with Crippen molar-refractivity contribution in [2.45, 2.75) is 56.9 Å². The monoisotopic (exact) mass is 404 g/mol. The summed E-state index contributed by atoms with van der Waals surface area (Å²) in [5.41, 5.74) is 2.16. The zero-order valence-corrected chi connectivity index (χ0v) is 16.9. The van der Waals surface area contributed by atoms with Crippen molar-refractivity contribution in [3.63, 3.8) is 0 Å². The van der Waals surface area contributed by atoms with Gasteiger partial charge < -0.3 is 5.32 Å². The number of halogens is 1. The molecule has 0 aromatic heterocycles. The first kappa shape index (κ1) is 20.5. The lowest BCUT2D eigenvalue weighted by atomic mass is 9.96. The third kappa shape index (κ3) is 4.97. The van der Waals surface area contributed by atoms with Gasteiger partial charge in [0.2, 0.25) is 10.0 Å². The molecule has 1 aliphatic rings. The maximum absolute atomic E-state index is 14.3. The molecule has 7 heteroatoms. The van der Waals surface area contributed by atoms with Gasteiger partial charge >= 0.3 is 0 Å². The predicted octanol–water partition coefficient (Wildman–Crippen LogP) is 4.31. The molecule has 5 nitrogen and oxygen atoms in total. The van der Waals surface area contributed by atoms with E-state index in [4.69, 9.17) is 0 Å². The van der Waals surface area contributed by atoms with Crippen LogP contribution in [-0.4, -0.2) is 20.4 Å². The average Bonchev–Trinajstić information content (AvgIpc) is 2.61. The summed E-state index contributed by atoms with van der Waals surface area (Å²) in [6.45, 7) is 3.79. The highest BCUT2D eigenvalue weighted by molar-refractivity contribution is 7.89. The number of nitrogens with one attached hydrogen (secondary N) is 2. The van der Waals surface area contributed by atoms with Crippen molar-refractivity contribution in [2.75, 3.05) is 5.32 Å². The van der Waals surface area contributed by atoms with Crippen LogP contribution in [0.25, 0.3) is 0 Å². The van der Waals surface area contributed by atoms with Crippen LogP contribution >= 0.6 is 0 Å². The number of carbonyl (C=O) groups excluding carboxylic acids is 1. The molecule has 2 aromatic carbocycles. The molecule has 0 radical (unpaired) electrons. The Bertz CT molecular complexity index is 963. The molecule has 150 valence electrons. The topological polar surface area (TPSA) is 75.3 Å². The molecule has 2 aromatic rings. The van der Waals surface area contributed by atoms with E-state index in [2.05, 4.69) is 10.0 Å². The molecule has 28 heavy (non-hydrogen) atoms. The second kappa shape index (κ2) is 8.41. The van der Waals surface area contributed by atoms with Crippen molar-refractivity contribution in [3.8, 4) is 0 Å². The number of amides is 1. The molecular weight excluding hydrogens is 379 g/mol. The van der Waals surface area contributed by atoms with Crippen molar-refractivity contribution in [1.82, 2.24) is 4.72 Å². The van der Waals surface area contributed by atoms with E-state index in [9.17, 15) is 17.6 Å². The molecule has 1 fully saturated rings. The molecule has 0 atom stereocenters. The van der Waals surface area contributed by atoms with Gasteiger partial charge in [-0.3, -0.25) is 4.79 Å². The van der Waals surface area contributed by atoms with Crippen LogP contribution in [-0.2, 0) is 10.0 Å². The number of anilines is 1. The van der Waals surface area contributed by atoms with Crippen LogP contribution in [0.15, 0.2) is 41.3 Å². The minimum Gasteiger partial charge on any atom is -0.322 e.